The Balaban J connectivity index is 1.29. The number of nitrogens with zero attached hydrogens (tertiary/aromatic N) is 3. The zero-order valence-corrected chi connectivity index (χ0v) is 17.6. The van der Waals surface area contributed by atoms with Crippen LogP contribution in [0.2, 0.25) is 0 Å². The SMILES string of the molecule is O=C(CSc1nncn1C1CC1)Nc1ccc(Sc2ccc(Br)cc2)cc1. The van der Waals surface area contributed by atoms with Crippen LogP contribution in [0, 0.1) is 0 Å². The van der Waals surface area contributed by atoms with Gasteiger partial charge in [0.1, 0.15) is 6.33 Å². The molecule has 5 nitrogen and oxygen atoms in total. The minimum absolute atomic E-state index is 0.0429. The zero-order chi connectivity index (χ0) is 18.6. The highest BCUT2D eigenvalue weighted by atomic mass is 79.9. The Morgan fingerprint density at radius 3 is 2.44 bits per heavy atom. The van der Waals surface area contributed by atoms with Crippen LogP contribution >= 0.6 is 39.5 Å². The van der Waals surface area contributed by atoms with Crippen LogP contribution in [0.4, 0.5) is 5.69 Å². The fourth-order valence-electron chi connectivity index (χ4n) is 2.51. The molecule has 0 atom stereocenters. The summed E-state index contributed by atoms with van der Waals surface area (Å²) in [6.45, 7) is 0. The second-order valence-electron chi connectivity index (χ2n) is 6.17. The largest absolute Gasteiger partial charge is 0.325 e. The molecule has 138 valence electrons. The molecule has 8 heteroatoms. The first-order chi connectivity index (χ1) is 13.2. The van der Waals surface area contributed by atoms with Crippen molar-refractivity contribution in [3.05, 3.63) is 59.3 Å². The number of benzene rings is 2. The Labute approximate surface area is 174 Å². The van der Waals surface area contributed by atoms with Gasteiger partial charge in [0.25, 0.3) is 0 Å². The lowest BCUT2D eigenvalue weighted by atomic mass is 10.3. The quantitative estimate of drug-likeness (QED) is 0.487. The number of halogens is 1. The normalized spacial score (nSPS) is 13.5. The molecule has 1 fully saturated rings. The van der Waals surface area contributed by atoms with E-state index in [1.165, 1.54) is 29.5 Å². The molecule has 0 spiro atoms. The molecule has 1 saturated carbocycles. The molecule has 1 amide bonds. The fraction of sp³-hybridized carbons (Fsp3) is 0.211. The molecule has 4 rings (SSSR count). The lowest BCUT2D eigenvalue weighted by Crippen LogP contribution is -2.14. The van der Waals surface area contributed by atoms with Crippen molar-refractivity contribution in [1.82, 2.24) is 14.8 Å². The Morgan fingerprint density at radius 1 is 1.11 bits per heavy atom. The van der Waals surface area contributed by atoms with Gasteiger partial charge in [0.2, 0.25) is 5.91 Å². The molecule has 1 aliphatic carbocycles. The highest BCUT2D eigenvalue weighted by molar-refractivity contribution is 9.10. The first-order valence-corrected chi connectivity index (χ1v) is 11.1. The van der Waals surface area contributed by atoms with E-state index >= 15 is 0 Å². The summed E-state index contributed by atoms with van der Waals surface area (Å²) in [7, 11) is 0. The number of nitrogens with one attached hydrogen (secondary N) is 1. The standard InChI is InChI=1S/C19H17BrN4OS2/c20-13-1-7-16(8-2-13)27-17-9-3-14(4-10-17)22-18(25)11-26-19-23-21-12-24(19)15-5-6-15/h1-4,7-10,12,15H,5-6,11H2,(H,22,25). The lowest BCUT2D eigenvalue weighted by molar-refractivity contribution is -0.113. The summed E-state index contributed by atoms with van der Waals surface area (Å²) >= 11 is 6.55. The summed E-state index contributed by atoms with van der Waals surface area (Å²) in [5.74, 6) is 0.277. The van der Waals surface area contributed by atoms with Gasteiger partial charge in [0.15, 0.2) is 5.16 Å². The summed E-state index contributed by atoms with van der Waals surface area (Å²) in [4.78, 5) is 14.5. The molecule has 27 heavy (non-hydrogen) atoms. The van der Waals surface area contributed by atoms with E-state index in [0.29, 0.717) is 11.8 Å². The Morgan fingerprint density at radius 2 is 1.78 bits per heavy atom. The topological polar surface area (TPSA) is 59.8 Å². The van der Waals surface area contributed by atoms with Gasteiger partial charge in [0, 0.05) is 26.0 Å². The Hall–Kier alpha value is -1.77. The number of amides is 1. The minimum Gasteiger partial charge on any atom is -0.325 e. The molecule has 0 bridgehead atoms. The maximum Gasteiger partial charge on any atom is 0.234 e. The van der Waals surface area contributed by atoms with Crippen LogP contribution in [0.15, 0.2) is 74.3 Å². The molecule has 2 aromatic carbocycles. The number of carbonyl (C=O) groups is 1. The van der Waals surface area contributed by atoms with Crippen LogP contribution < -0.4 is 5.32 Å². The number of rotatable bonds is 7. The highest BCUT2D eigenvalue weighted by Gasteiger charge is 2.26. The van der Waals surface area contributed by atoms with Gasteiger partial charge < -0.3 is 9.88 Å². The summed E-state index contributed by atoms with van der Waals surface area (Å²) in [6, 6.07) is 16.6. The van der Waals surface area contributed by atoms with E-state index in [0.717, 1.165) is 20.2 Å². The van der Waals surface area contributed by atoms with Crippen LogP contribution in [0.25, 0.3) is 0 Å². The van der Waals surface area contributed by atoms with E-state index in [-0.39, 0.29) is 5.91 Å². The van der Waals surface area contributed by atoms with E-state index in [2.05, 4.69) is 48.1 Å². The number of carbonyl (C=O) groups excluding carboxylic acids is 1. The molecule has 0 aliphatic heterocycles. The van der Waals surface area contributed by atoms with Gasteiger partial charge in [-0.05, 0) is 61.4 Å². The third-order valence-corrected chi connectivity index (χ3v) is 6.50. The predicted molar refractivity (Wildman–Crippen MR) is 112 cm³/mol. The molecular weight excluding hydrogens is 444 g/mol. The molecule has 1 aromatic heterocycles. The maximum absolute atomic E-state index is 12.2. The van der Waals surface area contributed by atoms with E-state index in [9.17, 15) is 4.79 Å². The van der Waals surface area contributed by atoms with Crippen molar-refractivity contribution in [3.8, 4) is 0 Å². The van der Waals surface area contributed by atoms with Crippen molar-refractivity contribution < 1.29 is 4.79 Å². The average Bonchev–Trinajstić information content (AvgIpc) is 3.41. The monoisotopic (exact) mass is 460 g/mol. The predicted octanol–water partition coefficient (Wildman–Crippen LogP) is 5.26. The van der Waals surface area contributed by atoms with Crippen molar-refractivity contribution in [2.24, 2.45) is 0 Å². The maximum atomic E-state index is 12.2. The zero-order valence-electron chi connectivity index (χ0n) is 14.3. The van der Waals surface area contributed by atoms with Gasteiger partial charge in [-0.1, -0.05) is 39.5 Å². The van der Waals surface area contributed by atoms with Gasteiger partial charge >= 0.3 is 0 Å². The molecule has 0 saturated heterocycles. The average molecular weight is 461 g/mol. The molecule has 1 heterocycles. The summed E-state index contributed by atoms with van der Waals surface area (Å²) < 4.78 is 3.13. The minimum atomic E-state index is -0.0429. The van der Waals surface area contributed by atoms with Crippen LogP contribution in [-0.2, 0) is 4.79 Å². The van der Waals surface area contributed by atoms with E-state index in [1.807, 2.05) is 36.4 Å². The molecule has 3 aromatic rings. The van der Waals surface area contributed by atoms with E-state index < -0.39 is 0 Å². The van der Waals surface area contributed by atoms with Gasteiger partial charge in [-0.3, -0.25) is 4.79 Å². The molecule has 0 unspecified atom stereocenters. The number of anilines is 1. The van der Waals surface area contributed by atoms with Crippen LogP contribution in [0.3, 0.4) is 0 Å². The fourth-order valence-corrected chi connectivity index (χ4v) is 4.37. The smallest absolute Gasteiger partial charge is 0.234 e. The van der Waals surface area contributed by atoms with E-state index in [4.69, 9.17) is 0 Å². The second kappa shape index (κ2) is 8.50. The van der Waals surface area contributed by atoms with Crippen molar-refractivity contribution in [1.29, 1.82) is 0 Å². The first-order valence-electron chi connectivity index (χ1n) is 8.53. The van der Waals surface area contributed by atoms with Crippen molar-refractivity contribution in [3.63, 3.8) is 0 Å². The molecule has 1 N–H and O–H groups in total. The van der Waals surface area contributed by atoms with Gasteiger partial charge in [-0.25, -0.2) is 0 Å². The summed E-state index contributed by atoms with van der Waals surface area (Å²) in [5, 5.41) is 11.8. The summed E-state index contributed by atoms with van der Waals surface area (Å²) in [6.07, 6.45) is 4.09. The first kappa shape index (κ1) is 18.6. The third kappa shape index (κ3) is 5.15. The number of hydrogen-bond acceptors (Lipinski definition) is 5. The van der Waals surface area contributed by atoms with Crippen LogP contribution in [0.5, 0.6) is 0 Å². The highest BCUT2D eigenvalue weighted by Crippen LogP contribution is 2.37. The molecule has 0 radical (unpaired) electrons. The summed E-state index contributed by atoms with van der Waals surface area (Å²) in [5.41, 5.74) is 0.796. The van der Waals surface area contributed by atoms with E-state index in [1.54, 1.807) is 18.1 Å². The van der Waals surface area contributed by atoms with Gasteiger partial charge in [-0.2, -0.15) is 0 Å². The lowest BCUT2D eigenvalue weighted by Gasteiger charge is -2.07. The van der Waals surface area contributed by atoms with Crippen molar-refractivity contribution in [2.75, 3.05) is 11.1 Å². The van der Waals surface area contributed by atoms with Crippen LogP contribution in [-0.4, -0.2) is 26.4 Å². The molecular formula is C19H17BrN4OS2. The van der Waals surface area contributed by atoms with Crippen LogP contribution in [0.1, 0.15) is 18.9 Å². The molecule has 1 aliphatic rings. The Bertz CT molecular complexity index is 924. The number of aromatic nitrogens is 3. The second-order valence-corrected chi connectivity index (χ2v) is 9.17. The van der Waals surface area contributed by atoms with Gasteiger partial charge in [0.05, 0.1) is 5.75 Å². The Kier molecular flexibility index (Phi) is 5.85. The number of thioether (sulfide) groups is 1. The van der Waals surface area contributed by atoms with Crippen molar-refractivity contribution >= 4 is 51.0 Å². The van der Waals surface area contributed by atoms with Crippen molar-refractivity contribution in [2.45, 2.75) is 33.8 Å². The third-order valence-electron chi connectivity index (χ3n) is 4.00. The number of hydrogen-bond donors (Lipinski definition) is 1. The van der Waals surface area contributed by atoms with Gasteiger partial charge in [-0.15, -0.1) is 10.2 Å².